The Hall–Kier alpha value is -1.81. The van der Waals surface area contributed by atoms with E-state index < -0.39 is 0 Å². The fourth-order valence-electron chi connectivity index (χ4n) is 2.60. The molecule has 1 saturated heterocycles. The van der Waals surface area contributed by atoms with Crippen LogP contribution in [-0.2, 0) is 4.79 Å². The van der Waals surface area contributed by atoms with Crippen molar-refractivity contribution in [3.63, 3.8) is 0 Å². The summed E-state index contributed by atoms with van der Waals surface area (Å²) < 4.78 is 5.67. The average Bonchev–Trinajstić information content (AvgIpc) is 2.47. The first-order chi connectivity index (χ1) is 10.0. The molecule has 1 amide bonds. The van der Waals surface area contributed by atoms with Gasteiger partial charge in [0.25, 0.3) is 0 Å². The summed E-state index contributed by atoms with van der Waals surface area (Å²) in [7, 11) is 2.10. The van der Waals surface area contributed by atoms with Gasteiger partial charge in [0, 0.05) is 19.6 Å². The van der Waals surface area contributed by atoms with Crippen molar-refractivity contribution < 1.29 is 9.53 Å². The van der Waals surface area contributed by atoms with Crippen molar-refractivity contribution in [3.05, 3.63) is 42.5 Å². The van der Waals surface area contributed by atoms with Crippen LogP contribution in [0.15, 0.2) is 36.9 Å². The van der Waals surface area contributed by atoms with Crippen LogP contribution in [0.3, 0.4) is 0 Å². The topological polar surface area (TPSA) is 32.8 Å². The quantitative estimate of drug-likeness (QED) is 0.798. The van der Waals surface area contributed by atoms with E-state index in [2.05, 4.69) is 30.7 Å². The minimum atomic E-state index is 0.00728. The lowest BCUT2D eigenvalue weighted by molar-refractivity contribution is -0.128. The van der Waals surface area contributed by atoms with Gasteiger partial charge in [0.1, 0.15) is 5.75 Å². The van der Waals surface area contributed by atoms with Crippen LogP contribution in [0.5, 0.6) is 5.75 Å². The van der Waals surface area contributed by atoms with Gasteiger partial charge in [-0.2, -0.15) is 0 Å². The van der Waals surface area contributed by atoms with Crippen LogP contribution in [0.25, 0.3) is 0 Å². The Labute approximate surface area is 127 Å². The van der Waals surface area contributed by atoms with Gasteiger partial charge in [-0.3, -0.25) is 9.69 Å². The van der Waals surface area contributed by atoms with E-state index in [4.69, 9.17) is 4.74 Å². The van der Waals surface area contributed by atoms with E-state index in [1.807, 2.05) is 30.9 Å². The summed E-state index contributed by atoms with van der Waals surface area (Å²) in [6, 6.07) is 8.38. The molecule has 1 aromatic carbocycles. The van der Waals surface area contributed by atoms with E-state index in [0.717, 1.165) is 18.8 Å². The van der Waals surface area contributed by atoms with Gasteiger partial charge in [0.2, 0.25) is 5.91 Å². The van der Waals surface area contributed by atoms with Gasteiger partial charge in [-0.1, -0.05) is 18.7 Å². The number of hydrogen-bond donors (Lipinski definition) is 0. The van der Waals surface area contributed by atoms with E-state index in [9.17, 15) is 4.79 Å². The maximum Gasteiger partial charge on any atom is 0.246 e. The molecule has 1 aromatic rings. The lowest BCUT2D eigenvalue weighted by atomic mass is 10.0. The fraction of sp³-hybridized carbons (Fsp3) is 0.471. The van der Waals surface area contributed by atoms with Gasteiger partial charge in [-0.15, -0.1) is 0 Å². The molecule has 0 aromatic heterocycles. The van der Waals surface area contributed by atoms with Crippen LogP contribution in [0.2, 0.25) is 0 Å². The highest BCUT2D eigenvalue weighted by Crippen LogP contribution is 2.26. The summed E-state index contributed by atoms with van der Waals surface area (Å²) in [5, 5.41) is 0. The van der Waals surface area contributed by atoms with Gasteiger partial charge in [0.05, 0.1) is 12.1 Å². The Bertz CT molecular complexity index is 496. The normalized spacial score (nSPS) is 19.6. The Morgan fingerprint density at radius 1 is 1.33 bits per heavy atom. The van der Waals surface area contributed by atoms with Crippen molar-refractivity contribution in [1.82, 2.24) is 9.80 Å². The van der Waals surface area contributed by atoms with E-state index in [0.29, 0.717) is 6.54 Å². The number of hydrogen-bond acceptors (Lipinski definition) is 3. The van der Waals surface area contributed by atoms with Crippen LogP contribution < -0.4 is 4.74 Å². The van der Waals surface area contributed by atoms with Crippen LogP contribution in [0.4, 0.5) is 0 Å². The Morgan fingerprint density at radius 3 is 2.57 bits per heavy atom. The first-order valence-electron chi connectivity index (χ1n) is 7.39. The van der Waals surface area contributed by atoms with Gasteiger partial charge in [-0.25, -0.2) is 0 Å². The number of rotatable bonds is 4. The molecule has 1 fully saturated rings. The minimum Gasteiger partial charge on any atom is -0.491 e. The lowest BCUT2D eigenvalue weighted by Gasteiger charge is -2.39. The molecule has 0 radical (unpaired) electrons. The number of likely N-dealkylation sites (N-methyl/N-ethyl adjacent to an activating group) is 1. The summed E-state index contributed by atoms with van der Waals surface area (Å²) >= 11 is 0. The molecule has 2 rings (SSSR count). The van der Waals surface area contributed by atoms with Crippen molar-refractivity contribution in [1.29, 1.82) is 0 Å². The molecule has 21 heavy (non-hydrogen) atoms. The third-order valence-corrected chi connectivity index (χ3v) is 3.77. The summed E-state index contributed by atoms with van der Waals surface area (Å²) in [6.45, 7) is 9.93. The predicted octanol–water partition coefficient (Wildman–Crippen LogP) is 2.47. The number of benzene rings is 1. The summed E-state index contributed by atoms with van der Waals surface area (Å²) in [6.07, 6.45) is 1.57. The second kappa shape index (κ2) is 6.76. The van der Waals surface area contributed by atoms with E-state index >= 15 is 0 Å². The van der Waals surface area contributed by atoms with Gasteiger partial charge >= 0.3 is 0 Å². The van der Waals surface area contributed by atoms with E-state index in [-0.39, 0.29) is 18.1 Å². The largest absolute Gasteiger partial charge is 0.491 e. The predicted molar refractivity (Wildman–Crippen MR) is 84.4 cm³/mol. The van der Waals surface area contributed by atoms with Crippen LogP contribution in [0.1, 0.15) is 25.5 Å². The molecule has 1 aliphatic rings. The second-order valence-electron chi connectivity index (χ2n) is 5.72. The Balaban J connectivity index is 2.11. The third-order valence-electron chi connectivity index (χ3n) is 3.77. The van der Waals surface area contributed by atoms with Crippen molar-refractivity contribution in [2.75, 3.05) is 26.7 Å². The summed E-state index contributed by atoms with van der Waals surface area (Å²) in [5.74, 6) is 0.888. The summed E-state index contributed by atoms with van der Waals surface area (Å²) in [5.41, 5.74) is 1.20. The van der Waals surface area contributed by atoms with Crippen molar-refractivity contribution >= 4 is 5.91 Å². The van der Waals surface area contributed by atoms with Crippen molar-refractivity contribution in [2.24, 2.45) is 0 Å². The second-order valence-corrected chi connectivity index (χ2v) is 5.72. The number of carbonyl (C=O) groups excluding carboxylic acids is 1. The van der Waals surface area contributed by atoms with E-state index in [1.165, 1.54) is 11.6 Å². The van der Waals surface area contributed by atoms with Crippen LogP contribution in [0, 0.1) is 0 Å². The zero-order chi connectivity index (χ0) is 15.4. The maximum absolute atomic E-state index is 11.8. The molecule has 114 valence electrons. The molecule has 0 bridgehead atoms. The highest BCUT2D eigenvalue weighted by molar-refractivity contribution is 5.87. The molecular weight excluding hydrogens is 264 g/mol. The smallest absolute Gasteiger partial charge is 0.246 e. The molecule has 0 N–H and O–H groups in total. The third kappa shape index (κ3) is 3.85. The molecular formula is C17H24N2O2. The lowest BCUT2D eigenvalue weighted by Crippen LogP contribution is -2.48. The maximum atomic E-state index is 11.8. The highest BCUT2D eigenvalue weighted by atomic mass is 16.5. The molecule has 0 spiro atoms. The molecule has 4 heteroatoms. The highest BCUT2D eigenvalue weighted by Gasteiger charge is 2.27. The van der Waals surface area contributed by atoms with Crippen LogP contribution >= 0.6 is 0 Å². The fourth-order valence-corrected chi connectivity index (χ4v) is 2.60. The molecule has 1 heterocycles. The molecule has 1 unspecified atom stereocenters. The molecule has 1 aliphatic heterocycles. The van der Waals surface area contributed by atoms with Gasteiger partial charge in [0.15, 0.2) is 0 Å². The standard InChI is InChI=1S/C17H24N2O2/c1-5-17(20)19-11-10-18(4)16(12-19)14-6-8-15(9-7-14)21-13(2)3/h5-9,13,16H,1,10-12H2,2-4H3. The molecule has 4 nitrogen and oxygen atoms in total. The van der Waals surface area contributed by atoms with Gasteiger partial charge < -0.3 is 9.64 Å². The number of amides is 1. The molecule has 0 aliphatic carbocycles. The van der Waals surface area contributed by atoms with E-state index in [1.54, 1.807) is 0 Å². The number of carbonyl (C=O) groups is 1. The summed E-state index contributed by atoms with van der Waals surface area (Å²) in [4.78, 5) is 15.9. The Kier molecular flexibility index (Phi) is 5.02. The number of nitrogens with zero attached hydrogens (tertiary/aromatic N) is 2. The van der Waals surface area contributed by atoms with Gasteiger partial charge in [-0.05, 0) is 44.7 Å². The average molecular weight is 288 g/mol. The number of ether oxygens (including phenoxy) is 1. The SMILES string of the molecule is C=CC(=O)N1CCN(C)C(c2ccc(OC(C)C)cc2)C1. The zero-order valence-electron chi connectivity index (χ0n) is 13.1. The van der Waals surface area contributed by atoms with Crippen LogP contribution in [-0.4, -0.2) is 48.5 Å². The van der Waals surface area contributed by atoms with Crippen molar-refractivity contribution in [2.45, 2.75) is 26.0 Å². The first kappa shape index (κ1) is 15.6. The molecule has 0 saturated carbocycles. The number of piperazine rings is 1. The Morgan fingerprint density at radius 2 is 2.00 bits per heavy atom. The van der Waals surface area contributed by atoms with Crippen molar-refractivity contribution in [3.8, 4) is 5.75 Å². The monoisotopic (exact) mass is 288 g/mol. The minimum absolute atomic E-state index is 0.00728. The zero-order valence-corrected chi connectivity index (χ0v) is 13.1. The molecule has 1 atom stereocenters. The first-order valence-corrected chi connectivity index (χ1v) is 7.39.